The lowest BCUT2D eigenvalue weighted by Crippen LogP contribution is -2.55. The smallest absolute Gasteiger partial charge is 0.140 e. The molecule has 1 N–H and O–H groups in total. The van der Waals surface area contributed by atoms with Gasteiger partial charge in [0.15, 0.2) is 0 Å². The van der Waals surface area contributed by atoms with Crippen molar-refractivity contribution in [2.45, 2.75) is 76.7 Å². The van der Waals surface area contributed by atoms with Crippen molar-refractivity contribution in [1.82, 2.24) is 0 Å². The summed E-state index contributed by atoms with van der Waals surface area (Å²) >= 11 is 0. The molecule has 0 radical (unpaired) electrons. The highest BCUT2D eigenvalue weighted by Crippen LogP contribution is 2.53. The molecule has 2 aliphatic rings. The molecule has 0 bridgehead atoms. The van der Waals surface area contributed by atoms with E-state index in [0.29, 0.717) is 23.9 Å². The fourth-order valence-corrected chi connectivity index (χ4v) is 5.71. The maximum absolute atomic E-state index is 12.9. The number of carbonyl (C=O) groups is 1. The van der Waals surface area contributed by atoms with Gasteiger partial charge in [0.1, 0.15) is 11.5 Å². The molecule has 4 rings (SSSR count). The molecular weight excluding hydrogens is 370 g/mol. The largest absolute Gasteiger partial charge is 0.508 e. The number of carbonyl (C=O) groups excluding carboxylic acids is 1. The molecule has 1 aliphatic carbocycles. The molecule has 30 heavy (non-hydrogen) atoms. The van der Waals surface area contributed by atoms with Gasteiger partial charge in [-0.1, -0.05) is 37.3 Å². The number of Topliss-reactive ketones (excluding diaryl/α,β-unsaturated/α-hetero) is 1. The van der Waals surface area contributed by atoms with Gasteiger partial charge in [0, 0.05) is 30.6 Å². The molecule has 3 heteroatoms. The lowest BCUT2D eigenvalue weighted by Gasteiger charge is -2.53. The predicted octanol–water partition coefficient (Wildman–Crippen LogP) is 6.20. The van der Waals surface area contributed by atoms with Crippen LogP contribution in [-0.4, -0.2) is 23.5 Å². The molecule has 2 aromatic carbocycles. The van der Waals surface area contributed by atoms with E-state index in [2.05, 4.69) is 69.1 Å². The Bertz CT molecular complexity index is 918. The average Bonchev–Trinajstić information content (AvgIpc) is 2.72. The van der Waals surface area contributed by atoms with Gasteiger partial charge in [0.25, 0.3) is 0 Å². The minimum absolute atomic E-state index is 0.0709. The Morgan fingerprint density at radius 2 is 1.93 bits per heavy atom. The SMILES string of the molecule is CC(CCCc1ccccc1)c1cc2c(cc1O)[C@H]1C(=O)CCC[C@@H]1C(C)(C)N2C. The average molecular weight is 406 g/mol. The van der Waals surface area contributed by atoms with Crippen molar-refractivity contribution in [2.24, 2.45) is 5.92 Å². The highest BCUT2D eigenvalue weighted by molar-refractivity contribution is 5.90. The summed E-state index contributed by atoms with van der Waals surface area (Å²) in [5.41, 5.74) is 4.45. The minimum atomic E-state index is -0.0757. The third kappa shape index (κ3) is 3.64. The Morgan fingerprint density at radius 1 is 1.20 bits per heavy atom. The van der Waals surface area contributed by atoms with Crippen LogP contribution in [0.5, 0.6) is 5.75 Å². The number of anilines is 1. The number of nitrogens with zero attached hydrogens (tertiary/aromatic N) is 1. The van der Waals surface area contributed by atoms with Gasteiger partial charge in [0.05, 0.1) is 0 Å². The van der Waals surface area contributed by atoms with Gasteiger partial charge in [-0.3, -0.25) is 4.79 Å². The van der Waals surface area contributed by atoms with Crippen molar-refractivity contribution in [3.8, 4) is 5.75 Å². The first-order valence-electron chi connectivity index (χ1n) is 11.5. The first-order chi connectivity index (χ1) is 14.3. The maximum atomic E-state index is 12.9. The number of aryl methyl sites for hydroxylation is 1. The lowest BCUT2D eigenvalue weighted by molar-refractivity contribution is -0.124. The van der Waals surface area contributed by atoms with Crippen LogP contribution in [0.15, 0.2) is 42.5 Å². The number of rotatable bonds is 5. The zero-order chi connectivity index (χ0) is 21.5. The molecule has 1 heterocycles. The van der Waals surface area contributed by atoms with Crippen molar-refractivity contribution >= 4 is 11.5 Å². The Balaban J connectivity index is 1.60. The topological polar surface area (TPSA) is 40.5 Å². The molecule has 1 aliphatic heterocycles. The van der Waals surface area contributed by atoms with Crippen molar-refractivity contribution in [3.63, 3.8) is 0 Å². The van der Waals surface area contributed by atoms with Crippen molar-refractivity contribution in [3.05, 3.63) is 59.2 Å². The molecule has 3 atom stereocenters. The quantitative estimate of drug-likeness (QED) is 0.644. The molecule has 3 nitrogen and oxygen atoms in total. The van der Waals surface area contributed by atoms with Gasteiger partial charge in [-0.2, -0.15) is 0 Å². The van der Waals surface area contributed by atoms with Gasteiger partial charge in [-0.25, -0.2) is 0 Å². The van der Waals surface area contributed by atoms with Crippen LogP contribution in [-0.2, 0) is 11.2 Å². The number of ketones is 1. The summed E-state index contributed by atoms with van der Waals surface area (Å²) in [7, 11) is 2.15. The number of phenols is 1. The molecule has 160 valence electrons. The minimum Gasteiger partial charge on any atom is -0.508 e. The summed E-state index contributed by atoms with van der Waals surface area (Å²) < 4.78 is 0. The van der Waals surface area contributed by atoms with Crippen LogP contribution in [0.1, 0.15) is 81.4 Å². The first-order valence-corrected chi connectivity index (χ1v) is 11.5. The van der Waals surface area contributed by atoms with E-state index < -0.39 is 0 Å². The van der Waals surface area contributed by atoms with E-state index in [1.807, 2.05) is 6.07 Å². The highest BCUT2D eigenvalue weighted by Gasteiger charge is 2.49. The predicted molar refractivity (Wildman–Crippen MR) is 123 cm³/mol. The molecule has 0 spiro atoms. The zero-order valence-corrected chi connectivity index (χ0v) is 18.8. The van der Waals surface area contributed by atoms with E-state index >= 15 is 0 Å². The van der Waals surface area contributed by atoms with Crippen LogP contribution >= 0.6 is 0 Å². The lowest BCUT2D eigenvalue weighted by atomic mass is 9.63. The Kier molecular flexibility index (Phi) is 5.65. The molecular formula is C27H35NO2. The third-order valence-corrected chi connectivity index (χ3v) is 7.81. The normalized spacial score (nSPS) is 23.6. The van der Waals surface area contributed by atoms with Crippen molar-refractivity contribution in [2.75, 3.05) is 11.9 Å². The fourth-order valence-electron chi connectivity index (χ4n) is 5.71. The number of hydrogen-bond acceptors (Lipinski definition) is 3. The number of hydrogen-bond donors (Lipinski definition) is 1. The number of fused-ring (bicyclic) bond motifs is 3. The third-order valence-electron chi connectivity index (χ3n) is 7.81. The van der Waals surface area contributed by atoms with Gasteiger partial charge < -0.3 is 10.0 Å². The molecule has 0 amide bonds. The molecule has 0 saturated heterocycles. The second kappa shape index (κ2) is 8.09. The monoisotopic (exact) mass is 405 g/mol. The Hall–Kier alpha value is -2.29. The molecule has 0 aromatic heterocycles. The summed E-state index contributed by atoms with van der Waals surface area (Å²) in [5.74, 6) is 1.20. The van der Waals surface area contributed by atoms with Crippen LogP contribution in [0.4, 0.5) is 5.69 Å². The highest BCUT2D eigenvalue weighted by atomic mass is 16.3. The van der Waals surface area contributed by atoms with E-state index in [0.717, 1.165) is 48.9 Å². The van der Waals surface area contributed by atoms with E-state index in [1.54, 1.807) is 0 Å². The van der Waals surface area contributed by atoms with Crippen LogP contribution in [0.25, 0.3) is 0 Å². The zero-order valence-electron chi connectivity index (χ0n) is 18.8. The Morgan fingerprint density at radius 3 is 2.67 bits per heavy atom. The number of aromatic hydroxyl groups is 1. The molecule has 1 unspecified atom stereocenters. The fraction of sp³-hybridized carbons (Fsp3) is 0.519. The van der Waals surface area contributed by atoms with E-state index in [-0.39, 0.29) is 17.4 Å². The van der Waals surface area contributed by atoms with Crippen LogP contribution in [0.3, 0.4) is 0 Å². The van der Waals surface area contributed by atoms with Gasteiger partial charge in [-0.15, -0.1) is 0 Å². The Labute approximate surface area is 181 Å². The van der Waals surface area contributed by atoms with Crippen molar-refractivity contribution < 1.29 is 9.90 Å². The summed E-state index contributed by atoms with van der Waals surface area (Å²) in [4.78, 5) is 15.2. The first kappa shape index (κ1) is 21.0. The summed E-state index contributed by atoms with van der Waals surface area (Å²) in [5, 5.41) is 10.9. The number of benzene rings is 2. The molecule has 1 fully saturated rings. The molecule has 2 aromatic rings. The van der Waals surface area contributed by atoms with Crippen LogP contribution in [0.2, 0.25) is 0 Å². The maximum Gasteiger partial charge on any atom is 0.140 e. The molecule has 1 saturated carbocycles. The van der Waals surface area contributed by atoms with Crippen molar-refractivity contribution in [1.29, 1.82) is 0 Å². The van der Waals surface area contributed by atoms with Gasteiger partial charge in [0.2, 0.25) is 0 Å². The van der Waals surface area contributed by atoms with E-state index in [9.17, 15) is 9.90 Å². The van der Waals surface area contributed by atoms with Gasteiger partial charge >= 0.3 is 0 Å². The van der Waals surface area contributed by atoms with Crippen LogP contribution < -0.4 is 4.90 Å². The van der Waals surface area contributed by atoms with E-state index in [4.69, 9.17) is 0 Å². The second-order valence-corrected chi connectivity index (χ2v) is 9.90. The summed E-state index contributed by atoms with van der Waals surface area (Å²) in [6.45, 7) is 6.74. The standard InChI is InChI=1S/C27H35NO2/c1-18(10-8-13-19-11-6-5-7-12-19)20-16-23-21(17-25(20)30)26-22(14-9-15-24(26)29)27(2,3)28(23)4/h5-7,11-12,16-18,22,26,30H,8-10,13-15H2,1-4H3/t18?,22-,26+/m0/s1. The van der Waals surface area contributed by atoms with Gasteiger partial charge in [-0.05, 0) is 86.6 Å². The number of phenolic OH excluding ortho intramolecular Hbond substituents is 1. The van der Waals surface area contributed by atoms with E-state index in [1.165, 1.54) is 5.56 Å². The second-order valence-electron chi connectivity index (χ2n) is 9.90. The van der Waals surface area contributed by atoms with Crippen LogP contribution in [0, 0.1) is 5.92 Å². The summed E-state index contributed by atoms with van der Waals surface area (Å²) in [6.07, 6.45) is 5.90. The summed E-state index contributed by atoms with van der Waals surface area (Å²) in [6, 6.07) is 14.7.